The predicted octanol–water partition coefficient (Wildman–Crippen LogP) is 1.17. The fourth-order valence-corrected chi connectivity index (χ4v) is 2.62. The molecule has 1 rings (SSSR count). The molecule has 0 aliphatic heterocycles. The molecule has 1 aromatic rings. The van der Waals surface area contributed by atoms with Crippen LogP contribution in [0, 0.1) is 0 Å². The van der Waals surface area contributed by atoms with E-state index in [0.29, 0.717) is 24.6 Å². The van der Waals surface area contributed by atoms with Crippen molar-refractivity contribution in [3.8, 4) is 0 Å². The van der Waals surface area contributed by atoms with Crippen LogP contribution in [0.4, 0.5) is 5.00 Å². The first-order valence-electron chi connectivity index (χ1n) is 5.46. The molecule has 0 spiro atoms. The number of hydrogen-bond acceptors (Lipinski definition) is 7. The molecule has 1 aromatic heterocycles. The zero-order valence-corrected chi connectivity index (χ0v) is 11.9. The van der Waals surface area contributed by atoms with E-state index < -0.39 is 15.8 Å². The van der Waals surface area contributed by atoms with Crippen molar-refractivity contribution in [1.82, 2.24) is 4.98 Å². The fraction of sp³-hybridized carbons (Fsp3) is 0.600. The molecule has 0 aromatic carbocycles. The van der Waals surface area contributed by atoms with E-state index in [1.165, 1.54) is 17.6 Å². The summed E-state index contributed by atoms with van der Waals surface area (Å²) in [6.45, 7) is 2.50. The molecule has 6 nitrogen and oxygen atoms in total. The van der Waals surface area contributed by atoms with E-state index in [1.54, 1.807) is 12.4 Å². The number of sulfone groups is 1. The van der Waals surface area contributed by atoms with E-state index in [4.69, 9.17) is 4.74 Å². The quantitative estimate of drug-likeness (QED) is 0.599. The summed E-state index contributed by atoms with van der Waals surface area (Å²) in [6, 6.07) is 0. The summed E-state index contributed by atoms with van der Waals surface area (Å²) in [5.41, 5.74) is 1.80. The molecular weight excluding hydrogens is 276 g/mol. The number of rotatable bonds is 7. The van der Waals surface area contributed by atoms with Gasteiger partial charge in [-0.2, -0.15) is 0 Å². The lowest BCUT2D eigenvalue weighted by molar-refractivity contribution is 0.0521. The maximum absolute atomic E-state index is 11.5. The monoisotopic (exact) mass is 292 g/mol. The second-order valence-electron chi connectivity index (χ2n) is 3.66. The van der Waals surface area contributed by atoms with Crippen molar-refractivity contribution in [2.24, 2.45) is 0 Å². The summed E-state index contributed by atoms with van der Waals surface area (Å²) >= 11 is 1.29. The van der Waals surface area contributed by atoms with Crippen LogP contribution in [-0.4, -0.2) is 44.5 Å². The van der Waals surface area contributed by atoms with Crippen molar-refractivity contribution < 1.29 is 17.9 Å². The first-order valence-corrected chi connectivity index (χ1v) is 8.40. The molecule has 0 amide bonds. The van der Waals surface area contributed by atoms with Crippen molar-refractivity contribution in [2.45, 2.75) is 13.3 Å². The molecule has 102 valence electrons. The lowest BCUT2D eigenvalue weighted by atomic mass is 10.4. The van der Waals surface area contributed by atoms with Gasteiger partial charge in [0.15, 0.2) is 5.69 Å². The number of carbonyl (C=O) groups excluding carboxylic acids is 1. The zero-order chi connectivity index (χ0) is 13.6. The van der Waals surface area contributed by atoms with E-state index in [0.717, 1.165) is 0 Å². The number of hydrogen-bond donors (Lipinski definition) is 1. The number of nitrogens with zero attached hydrogens (tertiary/aromatic N) is 1. The first kappa shape index (κ1) is 14.9. The Morgan fingerprint density at radius 2 is 2.28 bits per heavy atom. The van der Waals surface area contributed by atoms with Gasteiger partial charge in [0.2, 0.25) is 0 Å². The van der Waals surface area contributed by atoms with E-state index in [2.05, 4.69) is 10.3 Å². The Hall–Kier alpha value is -1.15. The zero-order valence-electron chi connectivity index (χ0n) is 10.3. The van der Waals surface area contributed by atoms with Gasteiger partial charge in [0.1, 0.15) is 14.8 Å². The van der Waals surface area contributed by atoms with E-state index >= 15 is 0 Å². The lowest BCUT2D eigenvalue weighted by Crippen LogP contribution is -2.12. The third-order valence-corrected chi connectivity index (χ3v) is 3.83. The second-order valence-corrected chi connectivity index (χ2v) is 6.78. The molecule has 18 heavy (non-hydrogen) atoms. The Morgan fingerprint density at radius 1 is 1.56 bits per heavy atom. The molecule has 0 atom stereocenters. The summed E-state index contributed by atoms with van der Waals surface area (Å²) in [4.78, 5) is 15.4. The minimum absolute atomic E-state index is 0.119. The highest BCUT2D eigenvalue weighted by molar-refractivity contribution is 7.90. The highest BCUT2D eigenvalue weighted by Crippen LogP contribution is 2.20. The van der Waals surface area contributed by atoms with Gasteiger partial charge < -0.3 is 10.1 Å². The Morgan fingerprint density at radius 3 is 2.89 bits per heavy atom. The highest BCUT2D eigenvalue weighted by Gasteiger charge is 2.15. The average Bonchev–Trinajstić information content (AvgIpc) is 2.71. The van der Waals surface area contributed by atoms with Gasteiger partial charge in [0.05, 0.1) is 17.9 Å². The molecule has 0 radical (unpaired) electrons. The van der Waals surface area contributed by atoms with Crippen molar-refractivity contribution in [2.75, 3.05) is 30.5 Å². The second kappa shape index (κ2) is 6.69. The normalized spacial score (nSPS) is 11.2. The van der Waals surface area contributed by atoms with Gasteiger partial charge in [0.25, 0.3) is 0 Å². The van der Waals surface area contributed by atoms with Crippen LogP contribution in [-0.2, 0) is 14.6 Å². The van der Waals surface area contributed by atoms with Crippen LogP contribution >= 0.6 is 11.3 Å². The molecule has 0 bridgehead atoms. The van der Waals surface area contributed by atoms with Crippen molar-refractivity contribution in [3.05, 3.63) is 11.2 Å². The van der Waals surface area contributed by atoms with Gasteiger partial charge in [-0.05, 0) is 13.3 Å². The maximum atomic E-state index is 11.5. The van der Waals surface area contributed by atoms with Gasteiger partial charge in [0, 0.05) is 12.8 Å². The van der Waals surface area contributed by atoms with Crippen molar-refractivity contribution >= 4 is 32.1 Å². The minimum atomic E-state index is -2.94. The summed E-state index contributed by atoms with van der Waals surface area (Å²) in [7, 11) is -2.94. The number of carbonyl (C=O) groups is 1. The highest BCUT2D eigenvalue weighted by atomic mass is 32.2. The number of anilines is 1. The number of thiazole rings is 1. The van der Waals surface area contributed by atoms with Crippen LogP contribution in [0.2, 0.25) is 0 Å². The summed E-state index contributed by atoms with van der Waals surface area (Å²) in [5, 5.41) is 3.61. The van der Waals surface area contributed by atoms with Crippen molar-refractivity contribution in [3.63, 3.8) is 0 Å². The SMILES string of the molecule is CCOC(=O)c1ncsc1NCCCS(C)(=O)=O. The lowest BCUT2D eigenvalue weighted by Gasteiger charge is -2.05. The molecule has 1 N–H and O–H groups in total. The molecule has 0 aliphatic rings. The number of esters is 1. The molecule has 0 saturated heterocycles. The van der Waals surface area contributed by atoms with Crippen LogP contribution in [0.3, 0.4) is 0 Å². The third kappa shape index (κ3) is 5.01. The molecule has 0 fully saturated rings. The molecule has 0 unspecified atom stereocenters. The minimum Gasteiger partial charge on any atom is -0.461 e. The van der Waals surface area contributed by atoms with Gasteiger partial charge in [-0.3, -0.25) is 0 Å². The van der Waals surface area contributed by atoms with E-state index in [9.17, 15) is 13.2 Å². The Labute approximate surface area is 110 Å². The molecule has 8 heteroatoms. The fourth-order valence-electron chi connectivity index (χ4n) is 1.25. The molecular formula is C10H16N2O4S2. The number of nitrogens with one attached hydrogen (secondary N) is 1. The molecule has 1 heterocycles. The van der Waals surface area contributed by atoms with Gasteiger partial charge in [-0.1, -0.05) is 0 Å². The topological polar surface area (TPSA) is 85.4 Å². The maximum Gasteiger partial charge on any atom is 0.360 e. The third-order valence-electron chi connectivity index (χ3n) is 2.01. The predicted molar refractivity (Wildman–Crippen MR) is 70.9 cm³/mol. The van der Waals surface area contributed by atoms with Crippen LogP contribution < -0.4 is 5.32 Å². The van der Waals surface area contributed by atoms with E-state index in [1.807, 2.05) is 0 Å². The Bertz CT molecular complexity index is 496. The van der Waals surface area contributed by atoms with E-state index in [-0.39, 0.29) is 11.4 Å². The Kier molecular flexibility index (Phi) is 5.54. The summed E-state index contributed by atoms with van der Waals surface area (Å²) < 4.78 is 26.7. The van der Waals surface area contributed by atoms with Crippen LogP contribution in [0.5, 0.6) is 0 Å². The number of aromatic nitrogens is 1. The van der Waals surface area contributed by atoms with Crippen molar-refractivity contribution in [1.29, 1.82) is 0 Å². The first-order chi connectivity index (χ1) is 8.44. The molecule has 0 aliphatic carbocycles. The van der Waals surface area contributed by atoms with Crippen LogP contribution in [0.15, 0.2) is 5.51 Å². The van der Waals surface area contributed by atoms with Gasteiger partial charge >= 0.3 is 5.97 Å². The number of ether oxygens (including phenoxy) is 1. The van der Waals surface area contributed by atoms with Gasteiger partial charge in [-0.15, -0.1) is 11.3 Å². The van der Waals surface area contributed by atoms with Gasteiger partial charge in [-0.25, -0.2) is 18.2 Å². The summed E-state index contributed by atoms with van der Waals surface area (Å²) in [5.74, 6) is -0.350. The summed E-state index contributed by atoms with van der Waals surface area (Å²) in [6.07, 6.45) is 1.68. The molecule has 0 saturated carbocycles. The van der Waals surface area contributed by atoms with Crippen LogP contribution in [0.25, 0.3) is 0 Å². The largest absolute Gasteiger partial charge is 0.461 e. The van der Waals surface area contributed by atoms with Crippen LogP contribution in [0.1, 0.15) is 23.8 Å². The average molecular weight is 292 g/mol. The Balaban J connectivity index is 2.48. The standard InChI is InChI=1S/C10H16N2O4S2/c1-3-16-10(13)8-9(17-7-12-8)11-5-4-6-18(2,14)15/h7,11H,3-6H2,1-2H3. The smallest absolute Gasteiger partial charge is 0.360 e.